The summed E-state index contributed by atoms with van der Waals surface area (Å²) in [6, 6.07) is 4.68. The number of amides is 1. The molecule has 1 amide bonds. The highest BCUT2D eigenvalue weighted by Crippen LogP contribution is 2.41. The summed E-state index contributed by atoms with van der Waals surface area (Å²) < 4.78 is 0.767. The van der Waals surface area contributed by atoms with Crippen LogP contribution < -0.4 is 0 Å². The number of hydrogen-bond acceptors (Lipinski definition) is 2. The van der Waals surface area contributed by atoms with Crippen LogP contribution in [-0.2, 0) is 9.59 Å². The van der Waals surface area contributed by atoms with Gasteiger partial charge in [-0.05, 0) is 44.0 Å². The molecule has 1 aromatic rings. The number of carboxylic acids is 1. The highest BCUT2D eigenvalue weighted by molar-refractivity contribution is 9.10. The van der Waals surface area contributed by atoms with Crippen LogP contribution in [0.1, 0.15) is 38.3 Å². The van der Waals surface area contributed by atoms with E-state index in [0.717, 1.165) is 10.0 Å². The fourth-order valence-electron chi connectivity index (χ4n) is 2.89. The van der Waals surface area contributed by atoms with Crippen LogP contribution in [-0.4, -0.2) is 27.9 Å². The Morgan fingerprint density at radius 1 is 1.48 bits per heavy atom. The fraction of sp³-hybridized carbons (Fsp3) is 0.467. The highest BCUT2D eigenvalue weighted by atomic mass is 79.9. The Kier molecular flexibility index (Phi) is 4.94. The summed E-state index contributed by atoms with van der Waals surface area (Å²) in [6.45, 7) is 3.79. The number of aliphatic carboxylic acids is 1. The molecule has 1 saturated heterocycles. The molecule has 0 aromatic heterocycles. The maximum absolute atomic E-state index is 12.3. The number of carboxylic acid groups (broad SMARTS) is 1. The first-order chi connectivity index (χ1) is 9.82. The van der Waals surface area contributed by atoms with Gasteiger partial charge in [-0.1, -0.05) is 27.5 Å². The van der Waals surface area contributed by atoms with Crippen LogP contribution in [0.15, 0.2) is 22.7 Å². The maximum Gasteiger partial charge on any atom is 0.308 e. The molecule has 114 valence electrons. The third kappa shape index (κ3) is 3.24. The van der Waals surface area contributed by atoms with Crippen LogP contribution in [0.25, 0.3) is 0 Å². The molecule has 0 saturated carbocycles. The lowest BCUT2D eigenvalue weighted by Crippen LogP contribution is -2.48. The Balaban J connectivity index is 2.56. The van der Waals surface area contributed by atoms with Crippen molar-refractivity contribution in [3.05, 3.63) is 33.3 Å². The van der Waals surface area contributed by atoms with Crippen molar-refractivity contribution < 1.29 is 14.7 Å². The van der Waals surface area contributed by atoms with Crippen LogP contribution >= 0.6 is 27.5 Å². The minimum atomic E-state index is -0.884. The van der Waals surface area contributed by atoms with E-state index in [4.69, 9.17) is 11.6 Å². The van der Waals surface area contributed by atoms with E-state index < -0.39 is 17.9 Å². The predicted octanol–water partition coefficient (Wildman–Crippen LogP) is 3.88. The topological polar surface area (TPSA) is 57.6 Å². The first-order valence-corrected chi connectivity index (χ1v) is 7.99. The second-order valence-electron chi connectivity index (χ2n) is 5.49. The third-order valence-corrected chi connectivity index (χ3v) is 4.75. The Labute approximate surface area is 137 Å². The van der Waals surface area contributed by atoms with Crippen LogP contribution in [0.3, 0.4) is 0 Å². The minimum Gasteiger partial charge on any atom is -0.481 e. The van der Waals surface area contributed by atoms with Crippen LogP contribution in [0.5, 0.6) is 0 Å². The van der Waals surface area contributed by atoms with Gasteiger partial charge in [0.25, 0.3) is 0 Å². The van der Waals surface area contributed by atoms with Gasteiger partial charge in [0.1, 0.15) is 0 Å². The second kappa shape index (κ2) is 6.36. The molecule has 0 aliphatic carbocycles. The molecule has 1 N–H and O–H groups in total. The van der Waals surface area contributed by atoms with E-state index in [1.54, 1.807) is 23.1 Å². The van der Waals surface area contributed by atoms with E-state index in [-0.39, 0.29) is 18.4 Å². The average Bonchev–Trinajstić information content (AvgIpc) is 2.40. The Morgan fingerprint density at radius 2 is 2.14 bits per heavy atom. The summed E-state index contributed by atoms with van der Waals surface area (Å²) >= 11 is 9.50. The normalized spacial score (nSPS) is 22.7. The third-order valence-electron chi connectivity index (χ3n) is 3.79. The van der Waals surface area contributed by atoms with Gasteiger partial charge in [0.2, 0.25) is 5.91 Å². The monoisotopic (exact) mass is 373 g/mol. The molecule has 1 aromatic carbocycles. The van der Waals surface area contributed by atoms with Crippen molar-refractivity contribution in [2.75, 3.05) is 0 Å². The number of hydrogen-bond donors (Lipinski definition) is 1. The minimum absolute atomic E-state index is 0.0145. The zero-order valence-electron chi connectivity index (χ0n) is 11.8. The van der Waals surface area contributed by atoms with Crippen molar-refractivity contribution in [3.8, 4) is 0 Å². The molecule has 4 nitrogen and oxygen atoms in total. The Bertz CT molecular complexity index is 576. The molecule has 0 spiro atoms. The number of halogens is 2. The first kappa shape index (κ1) is 16.3. The van der Waals surface area contributed by atoms with Gasteiger partial charge in [-0.2, -0.15) is 0 Å². The number of benzene rings is 1. The number of carbonyl (C=O) groups is 2. The fourth-order valence-corrected chi connectivity index (χ4v) is 3.55. The molecule has 2 rings (SSSR count). The quantitative estimate of drug-likeness (QED) is 0.873. The molecule has 0 radical (unpaired) electrons. The molecular formula is C15H17BrClNO3. The predicted molar refractivity (Wildman–Crippen MR) is 84.2 cm³/mol. The van der Waals surface area contributed by atoms with Crippen molar-refractivity contribution in [1.29, 1.82) is 0 Å². The Hall–Kier alpha value is -1.07. The molecule has 1 aliphatic rings. The van der Waals surface area contributed by atoms with Crippen LogP contribution in [0.4, 0.5) is 0 Å². The highest BCUT2D eigenvalue weighted by Gasteiger charge is 2.42. The lowest BCUT2D eigenvalue weighted by atomic mass is 9.83. The summed E-state index contributed by atoms with van der Waals surface area (Å²) in [5.74, 6) is -1.52. The van der Waals surface area contributed by atoms with E-state index in [1.165, 1.54) is 0 Å². The van der Waals surface area contributed by atoms with Crippen molar-refractivity contribution in [2.45, 2.75) is 38.8 Å². The van der Waals surface area contributed by atoms with Gasteiger partial charge < -0.3 is 10.0 Å². The smallest absolute Gasteiger partial charge is 0.308 e. The van der Waals surface area contributed by atoms with E-state index in [1.807, 2.05) is 13.8 Å². The molecule has 1 fully saturated rings. The number of likely N-dealkylation sites (tertiary alicyclic amines) is 1. The van der Waals surface area contributed by atoms with Gasteiger partial charge in [-0.25, -0.2) is 0 Å². The lowest BCUT2D eigenvalue weighted by Gasteiger charge is -2.42. The van der Waals surface area contributed by atoms with E-state index in [2.05, 4.69) is 15.9 Å². The van der Waals surface area contributed by atoms with Gasteiger partial charge in [0, 0.05) is 22.0 Å². The van der Waals surface area contributed by atoms with Gasteiger partial charge in [0.15, 0.2) is 0 Å². The van der Waals surface area contributed by atoms with Crippen molar-refractivity contribution in [1.82, 2.24) is 4.90 Å². The van der Waals surface area contributed by atoms with E-state index in [0.29, 0.717) is 11.4 Å². The van der Waals surface area contributed by atoms with Crippen LogP contribution in [0, 0.1) is 5.92 Å². The summed E-state index contributed by atoms with van der Waals surface area (Å²) in [7, 11) is 0. The molecule has 21 heavy (non-hydrogen) atoms. The first-order valence-electron chi connectivity index (χ1n) is 6.82. The number of piperidine rings is 1. The maximum atomic E-state index is 12.3. The molecule has 0 bridgehead atoms. The molecule has 2 unspecified atom stereocenters. The van der Waals surface area contributed by atoms with Crippen molar-refractivity contribution >= 4 is 39.4 Å². The largest absolute Gasteiger partial charge is 0.481 e. The zero-order chi connectivity index (χ0) is 15.7. The molecule has 6 heteroatoms. The molecule has 1 aliphatic heterocycles. The summed E-state index contributed by atoms with van der Waals surface area (Å²) in [6.07, 6.45) is 0.616. The van der Waals surface area contributed by atoms with E-state index >= 15 is 0 Å². The SMILES string of the molecule is CC(C)N1C(=O)CCC(C(=O)O)C1c1cc(Cl)ccc1Br. The summed E-state index contributed by atoms with van der Waals surface area (Å²) in [5.41, 5.74) is 0.747. The number of nitrogens with zero attached hydrogens (tertiary/aromatic N) is 1. The second-order valence-corrected chi connectivity index (χ2v) is 6.78. The molecule has 1 heterocycles. The standard InChI is InChI=1S/C15H17BrClNO3/c1-8(2)18-13(19)6-4-10(15(20)21)14(18)11-7-9(17)3-5-12(11)16/h3,5,7-8,10,14H,4,6H2,1-2H3,(H,20,21). The Morgan fingerprint density at radius 3 is 2.71 bits per heavy atom. The van der Waals surface area contributed by atoms with Crippen molar-refractivity contribution in [3.63, 3.8) is 0 Å². The summed E-state index contributed by atoms with van der Waals surface area (Å²) in [5, 5.41) is 10.1. The van der Waals surface area contributed by atoms with Gasteiger partial charge in [-0.15, -0.1) is 0 Å². The molecule has 2 atom stereocenters. The lowest BCUT2D eigenvalue weighted by molar-refractivity contribution is -0.153. The van der Waals surface area contributed by atoms with E-state index in [9.17, 15) is 14.7 Å². The van der Waals surface area contributed by atoms with Gasteiger partial charge in [0.05, 0.1) is 12.0 Å². The van der Waals surface area contributed by atoms with Gasteiger partial charge in [-0.3, -0.25) is 9.59 Å². The average molecular weight is 375 g/mol. The summed E-state index contributed by atoms with van der Waals surface area (Å²) in [4.78, 5) is 25.6. The van der Waals surface area contributed by atoms with Crippen LogP contribution in [0.2, 0.25) is 5.02 Å². The molecular weight excluding hydrogens is 358 g/mol. The van der Waals surface area contributed by atoms with Crippen molar-refractivity contribution in [2.24, 2.45) is 5.92 Å². The number of rotatable bonds is 3. The number of carbonyl (C=O) groups excluding carboxylic acids is 1. The zero-order valence-corrected chi connectivity index (χ0v) is 14.2. The van der Waals surface area contributed by atoms with Gasteiger partial charge >= 0.3 is 5.97 Å².